The molecule has 0 unspecified atom stereocenters. The first-order valence-electron chi connectivity index (χ1n) is 5.46. The Morgan fingerprint density at radius 2 is 2.00 bits per heavy atom. The van der Waals surface area contributed by atoms with E-state index < -0.39 is 0 Å². The monoisotopic (exact) mass is 176 g/mol. The van der Waals surface area contributed by atoms with Crippen molar-refractivity contribution in [2.75, 3.05) is 0 Å². The van der Waals surface area contributed by atoms with Crippen molar-refractivity contribution in [1.82, 2.24) is 0 Å². The minimum absolute atomic E-state index is 0.618. The molecule has 3 fully saturated rings. The third-order valence-electron chi connectivity index (χ3n) is 3.82. The van der Waals surface area contributed by atoms with Crippen molar-refractivity contribution in [3.8, 4) is 0 Å². The number of hydrogen-bond donors (Lipinski definition) is 0. The highest BCUT2D eigenvalue weighted by atomic mass is 14.7. The van der Waals surface area contributed by atoms with Crippen molar-refractivity contribution >= 4 is 0 Å². The summed E-state index contributed by atoms with van der Waals surface area (Å²) in [5, 5.41) is 0. The van der Waals surface area contributed by atoms with Crippen molar-refractivity contribution in [2.24, 2.45) is 10.8 Å². The van der Waals surface area contributed by atoms with Crippen LogP contribution < -0.4 is 0 Å². The SMILES string of the molecule is C=C/C(C)=C/C12CC(CCC)(C1)C2. The van der Waals surface area contributed by atoms with Gasteiger partial charge in [0.05, 0.1) is 0 Å². The zero-order valence-corrected chi connectivity index (χ0v) is 8.90. The molecule has 0 aromatic rings. The van der Waals surface area contributed by atoms with Gasteiger partial charge < -0.3 is 0 Å². The smallest absolute Gasteiger partial charge is 0.00967 e. The van der Waals surface area contributed by atoms with Gasteiger partial charge in [0.2, 0.25) is 0 Å². The minimum atomic E-state index is 0.618. The van der Waals surface area contributed by atoms with Crippen LogP contribution in [-0.4, -0.2) is 0 Å². The molecule has 0 heterocycles. The van der Waals surface area contributed by atoms with E-state index in [0.717, 1.165) is 5.41 Å². The summed E-state index contributed by atoms with van der Waals surface area (Å²) in [5.74, 6) is 0. The number of hydrogen-bond acceptors (Lipinski definition) is 0. The molecule has 3 aliphatic carbocycles. The van der Waals surface area contributed by atoms with Gasteiger partial charge in [0.15, 0.2) is 0 Å². The Kier molecular flexibility index (Phi) is 1.90. The maximum atomic E-state index is 3.81. The van der Waals surface area contributed by atoms with Gasteiger partial charge in [0, 0.05) is 0 Å². The fourth-order valence-corrected chi connectivity index (χ4v) is 3.58. The van der Waals surface area contributed by atoms with Crippen molar-refractivity contribution in [3.63, 3.8) is 0 Å². The van der Waals surface area contributed by atoms with Gasteiger partial charge in [-0.3, -0.25) is 0 Å². The van der Waals surface area contributed by atoms with E-state index in [1.54, 1.807) is 0 Å². The van der Waals surface area contributed by atoms with Crippen LogP contribution in [0.4, 0.5) is 0 Å². The Morgan fingerprint density at radius 1 is 1.38 bits per heavy atom. The fraction of sp³-hybridized carbons (Fsp3) is 0.692. The molecule has 0 heteroatoms. The lowest BCUT2D eigenvalue weighted by Crippen LogP contribution is -2.60. The van der Waals surface area contributed by atoms with Crippen LogP contribution in [-0.2, 0) is 0 Å². The standard InChI is InChI=1S/C13H20/c1-4-6-12-8-13(9-12,10-12)7-11(3)5-2/h5,7H,2,4,6,8-10H2,1,3H3/b11-7+. The second kappa shape index (κ2) is 2.73. The summed E-state index contributed by atoms with van der Waals surface area (Å²) >= 11 is 0. The number of allylic oxidation sites excluding steroid dienone is 3. The lowest BCUT2D eigenvalue weighted by Gasteiger charge is -2.70. The molecule has 72 valence electrons. The fourth-order valence-electron chi connectivity index (χ4n) is 3.58. The molecule has 3 rings (SSSR count). The normalized spacial score (nSPS) is 42.2. The quantitative estimate of drug-likeness (QED) is 0.566. The summed E-state index contributed by atoms with van der Waals surface area (Å²) < 4.78 is 0. The molecule has 0 aromatic carbocycles. The van der Waals surface area contributed by atoms with Crippen molar-refractivity contribution < 1.29 is 0 Å². The minimum Gasteiger partial charge on any atom is -0.0988 e. The lowest BCUT2D eigenvalue weighted by atomic mass is 9.34. The van der Waals surface area contributed by atoms with Crippen LogP contribution in [0.2, 0.25) is 0 Å². The van der Waals surface area contributed by atoms with E-state index in [4.69, 9.17) is 0 Å². The van der Waals surface area contributed by atoms with E-state index in [9.17, 15) is 0 Å². The highest BCUT2D eigenvalue weighted by Crippen LogP contribution is 2.75. The molecular formula is C13H20. The van der Waals surface area contributed by atoms with E-state index in [2.05, 4.69) is 26.5 Å². The molecule has 0 nitrogen and oxygen atoms in total. The maximum absolute atomic E-state index is 3.81. The van der Waals surface area contributed by atoms with Crippen molar-refractivity contribution in [1.29, 1.82) is 0 Å². The molecule has 0 N–H and O–H groups in total. The Labute approximate surface area is 81.7 Å². The van der Waals surface area contributed by atoms with Crippen LogP contribution in [0, 0.1) is 10.8 Å². The molecule has 0 amide bonds. The van der Waals surface area contributed by atoms with E-state index in [1.165, 1.54) is 37.7 Å². The first kappa shape index (κ1) is 9.05. The molecule has 0 aliphatic heterocycles. The van der Waals surface area contributed by atoms with Crippen molar-refractivity contribution in [2.45, 2.75) is 46.0 Å². The zero-order chi connectivity index (χ0) is 9.53. The van der Waals surface area contributed by atoms with E-state index in [-0.39, 0.29) is 0 Å². The first-order chi connectivity index (χ1) is 6.14. The third-order valence-corrected chi connectivity index (χ3v) is 3.82. The Morgan fingerprint density at radius 3 is 2.46 bits per heavy atom. The molecule has 0 radical (unpaired) electrons. The van der Waals surface area contributed by atoms with Gasteiger partial charge in [-0.1, -0.05) is 37.6 Å². The average Bonchev–Trinajstić information content (AvgIpc) is 1.98. The summed E-state index contributed by atoms with van der Waals surface area (Å²) in [7, 11) is 0. The predicted octanol–water partition coefficient (Wildman–Crippen LogP) is 4.09. The molecule has 3 aliphatic rings. The average molecular weight is 176 g/mol. The Bertz CT molecular complexity index is 237. The summed E-state index contributed by atoms with van der Waals surface area (Å²) in [4.78, 5) is 0. The van der Waals surface area contributed by atoms with Crippen LogP contribution in [0.15, 0.2) is 24.3 Å². The number of rotatable bonds is 4. The second-order valence-electron chi connectivity index (χ2n) is 5.24. The summed E-state index contributed by atoms with van der Waals surface area (Å²) in [6.45, 7) is 8.28. The van der Waals surface area contributed by atoms with Gasteiger partial charge >= 0.3 is 0 Å². The van der Waals surface area contributed by atoms with Crippen molar-refractivity contribution in [3.05, 3.63) is 24.3 Å². The molecule has 2 bridgehead atoms. The summed E-state index contributed by atoms with van der Waals surface area (Å²) in [6, 6.07) is 0. The van der Waals surface area contributed by atoms with Gasteiger partial charge in [-0.2, -0.15) is 0 Å². The highest BCUT2D eigenvalue weighted by molar-refractivity contribution is 5.29. The van der Waals surface area contributed by atoms with Crippen LogP contribution in [0.25, 0.3) is 0 Å². The second-order valence-corrected chi connectivity index (χ2v) is 5.24. The Hall–Kier alpha value is -0.520. The van der Waals surface area contributed by atoms with Gasteiger partial charge in [0.1, 0.15) is 0 Å². The van der Waals surface area contributed by atoms with Crippen LogP contribution >= 0.6 is 0 Å². The summed E-state index contributed by atoms with van der Waals surface area (Å²) in [6.07, 6.45) is 11.6. The zero-order valence-electron chi connectivity index (χ0n) is 8.90. The molecule has 0 atom stereocenters. The third kappa shape index (κ3) is 1.27. The van der Waals surface area contributed by atoms with E-state index >= 15 is 0 Å². The van der Waals surface area contributed by atoms with Gasteiger partial charge in [-0.15, -0.1) is 0 Å². The molecular weight excluding hydrogens is 156 g/mol. The predicted molar refractivity (Wildman–Crippen MR) is 57.6 cm³/mol. The van der Waals surface area contributed by atoms with E-state index in [1.807, 2.05) is 6.08 Å². The van der Waals surface area contributed by atoms with Crippen LogP contribution in [0.5, 0.6) is 0 Å². The topological polar surface area (TPSA) is 0 Å². The highest BCUT2D eigenvalue weighted by Gasteiger charge is 2.65. The first-order valence-corrected chi connectivity index (χ1v) is 5.46. The van der Waals surface area contributed by atoms with Crippen LogP contribution in [0.1, 0.15) is 46.0 Å². The van der Waals surface area contributed by atoms with E-state index in [0.29, 0.717) is 5.41 Å². The van der Waals surface area contributed by atoms with Gasteiger partial charge in [0.25, 0.3) is 0 Å². The van der Waals surface area contributed by atoms with Gasteiger partial charge in [-0.05, 0) is 43.4 Å². The van der Waals surface area contributed by atoms with Crippen LogP contribution in [0.3, 0.4) is 0 Å². The van der Waals surface area contributed by atoms with Gasteiger partial charge in [-0.25, -0.2) is 0 Å². The molecule has 0 saturated heterocycles. The molecule has 13 heavy (non-hydrogen) atoms. The molecule has 3 saturated carbocycles. The molecule has 0 aromatic heterocycles. The largest absolute Gasteiger partial charge is 0.0988 e. The molecule has 0 spiro atoms. The Balaban J connectivity index is 1.93. The summed E-state index contributed by atoms with van der Waals surface area (Å²) in [5.41, 5.74) is 2.77. The maximum Gasteiger partial charge on any atom is -0.00967 e. The lowest BCUT2D eigenvalue weighted by molar-refractivity contribution is -0.173.